The first-order valence-electron chi connectivity index (χ1n) is 8.24. The van der Waals surface area contributed by atoms with Gasteiger partial charge in [0.05, 0.1) is 19.3 Å². The number of carbonyl (C=O) groups is 2. The fraction of sp³-hybridized carbons (Fsp3) is 0.222. The molecule has 140 valence electrons. The molecule has 3 rings (SSSR count). The van der Waals surface area contributed by atoms with Gasteiger partial charge in [0.15, 0.2) is 0 Å². The van der Waals surface area contributed by atoms with Crippen LogP contribution in [-0.2, 0) is 9.53 Å². The minimum Gasteiger partial charge on any atom is -0.401 e. The third kappa shape index (κ3) is 4.59. The minimum absolute atomic E-state index is 0.0324. The Morgan fingerprint density at radius 3 is 2.44 bits per heavy atom. The fourth-order valence-electron chi connectivity index (χ4n) is 2.53. The Morgan fingerprint density at radius 1 is 1.11 bits per heavy atom. The molecule has 0 unspecified atom stereocenters. The minimum atomic E-state index is -0.677. The quantitative estimate of drug-likeness (QED) is 0.487. The molecule has 1 N–H and O–H groups in total. The van der Waals surface area contributed by atoms with Crippen molar-refractivity contribution in [3.05, 3.63) is 69.6 Å². The first-order chi connectivity index (χ1) is 13.0. The zero-order chi connectivity index (χ0) is 19.2. The standard InChI is InChI=1S/C18H17N3O6/c22-17(13-4-2-1-3-5-13)19-15(18(23)20-8-10-26-11-9-20)12-14-6-7-16(27-14)21(24)25/h1-7,12H,8-11H2,(H,19,22)/b15-12-. The first-order valence-corrected chi connectivity index (χ1v) is 8.24. The second kappa shape index (κ2) is 8.28. The molecule has 0 bridgehead atoms. The van der Waals surface area contributed by atoms with Gasteiger partial charge < -0.3 is 19.4 Å². The highest BCUT2D eigenvalue weighted by Crippen LogP contribution is 2.18. The maximum absolute atomic E-state index is 12.8. The molecule has 2 aromatic rings. The van der Waals surface area contributed by atoms with E-state index in [1.54, 1.807) is 30.3 Å². The number of nitrogens with one attached hydrogen (secondary N) is 1. The van der Waals surface area contributed by atoms with Crippen molar-refractivity contribution in [3.63, 3.8) is 0 Å². The molecule has 9 heteroatoms. The van der Waals surface area contributed by atoms with Crippen LogP contribution < -0.4 is 5.32 Å². The summed E-state index contributed by atoms with van der Waals surface area (Å²) in [6.45, 7) is 1.57. The molecule has 1 aliphatic heterocycles. The number of nitrogens with zero attached hydrogens (tertiary/aromatic N) is 2. The van der Waals surface area contributed by atoms with Crippen LogP contribution in [0.3, 0.4) is 0 Å². The number of amides is 2. The Labute approximate surface area is 154 Å². The molecule has 1 aromatic heterocycles. The van der Waals surface area contributed by atoms with E-state index in [-0.39, 0.29) is 11.5 Å². The second-order valence-electron chi connectivity index (χ2n) is 5.72. The lowest BCUT2D eigenvalue weighted by Crippen LogP contribution is -2.44. The Bertz CT molecular complexity index is 868. The van der Waals surface area contributed by atoms with Gasteiger partial charge in [-0.2, -0.15) is 0 Å². The summed E-state index contributed by atoms with van der Waals surface area (Å²) in [4.78, 5) is 36.9. The van der Waals surface area contributed by atoms with E-state index in [1.165, 1.54) is 23.1 Å². The van der Waals surface area contributed by atoms with Crippen LogP contribution in [0.25, 0.3) is 6.08 Å². The number of morpholine rings is 1. The van der Waals surface area contributed by atoms with Crippen LogP contribution in [0.15, 0.2) is 52.6 Å². The maximum atomic E-state index is 12.8. The number of benzene rings is 1. The van der Waals surface area contributed by atoms with Crippen LogP contribution in [0.5, 0.6) is 0 Å². The van der Waals surface area contributed by atoms with E-state index in [2.05, 4.69) is 5.32 Å². The van der Waals surface area contributed by atoms with E-state index in [4.69, 9.17) is 9.15 Å². The topological polar surface area (TPSA) is 115 Å². The summed E-state index contributed by atoms with van der Waals surface area (Å²) >= 11 is 0. The third-order valence-electron chi connectivity index (χ3n) is 3.89. The SMILES string of the molecule is O=C(N/C(=C\c1ccc([N+](=O)[O-])o1)C(=O)N1CCOCC1)c1ccccc1. The van der Waals surface area contributed by atoms with E-state index in [0.29, 0.717) is 31.9 Å². The summed E-state index contributed by atoms with van der Waals surface area (Å²) in [5.74, 6) is -1.24. The van der Waals surface area contributed by atoms with Gasteiger partial charge >= 0.3 is 5.88 Å². The van der Waals surface area contributed by atoms with Crippen LogP contribution in [0.2, 0.25) is 0 Å². The van der Waals surface area contributed by atoms with Crippen molar-refractivity contribution in [1.29, 1.82) is 0 Å². The van der Waals surface area contributed by atoms with Crippen molar-refractivity contribution in [1.82, 2.24) is 10.2 Å². The van der Waals surface area contributed by atoms with Gasteiger partial charge in [-0.05, 0) is 18.2 Å². The van der Waals surface area contributed by atoms with E-state index >= 15 is 0 Å². The number of hydrogen-bond donors (Lipinski definition) is 1. The maximum Gasteiger partial charge on any atom is 0.433 e. The molecule has 2 amide bonds. The highest BCUT2D eigenvalue weighted by atomic mass is 16.6. The van der Waals surface area contributed by atoms with Gasteiger partial charge in [-0.3, -0.25) is 19.7 Å². The van der Waals surface area contributed by atoms with Gasteiger partial charge in [0, 0.05) is 24.7 Å². The van der Waals surface area contributed by atoms with Crippen LogP contribution in [0, 0.1) is 10.1 Å². The Hall–Kier alpha value is -3.46. The summed E-state index contributed by atoms with van der Waals surface area (Å²) in [6.07, 6.45) is 1.28. The summed E-state index contributed by atoms with van der Waals surface area (Å²) in [5.41, 5.74) is 0.346. The van der Waals surface area contributed by atoms with Crippen molar-refractivity contribution in [3.8, 4) is 0 Å². The molecule has 0 spiro atoms. The Kier molecular flexibility index (Phi) is 5.62. The van der Waals surface area contributed by atoms with Crippen molar-refractivity contribution in [2.75, 3.05) is 26.3 Å². The normalized spacial score (nSPS) is 14.7. The molecule has 9 nitrogen and oxygen atoms in total. The number of nitro groups is 1. The largest absolute Gasteiger partial charge is 0.433 e. The van der Waals surface area contributed by atoms with E-state index in [0.717, 1.165) is 0 Å². The molecule has 0 atom stereocenters. The summed E-state index contributed by atoms with van der Waals surface area (Å²) in [6, 6.07) is 11.0. The van der Waals surface area contributed by atoms with E-state index in [9.17, 15) is 19.7 Å². The molecule has 1 fully saturated rings. The second-order valence-corrected chi connectivity index (χ2v) is 5.72. The first kappa shape index (κ1) is 18.3. The number of rotatable bonds is 5. The molecular weight excluding hydrogens is 354 g/mol. The monoisotopic (exact) mass is 371 g/mol. The van der Waals surface area contributed by atoms with Crippen molar-refractivity contribution in [2.45, 2.75) is 0 Å². The smallest absolute Gasteiger partial charge is 0.401 e. The molecule has 2 heterocycles. The van der Waals surface area contributed by atoms with Crippen LogP contribution in [0.1, 0.15) is 16.1 Å². The number of hydrogen-bond acceptors (Lipinski definition) is 6. The number of carbonyl (C=O) groups excluding carboxylic acids is 2. The van der Waals surface area contributed by atoms with Gasteiger partial charge in [0.2, 0.25) is 0 Å². The predicted molar refractivity (Wildman–Crippen MR) is 94.6 cm³/mol. The summed E-state index contributed by atoms with van der Waals surface area (Å²) < 4.78 is 10.3. The van der Waals surface area contributed by atoms with Crippen LogP contribution in [0.4, 0.5) is 5.88 Å². The molecule has 1 aromatic carbocycles. The predicted octanol–water partition coefficient (Wildman–Crippen LogP) is 1.82. The van der Waals surface area contributed by atoms with Crippen molar-refractivity contribution >= 4 is 23.8 Å². The number of ether oxygens (including phenoxy) is 1. The Balaban J connectivity index is 1.87. The fourth-order valence-corrected chi connectivity index (χ4v) is 2.53. The summed E-state index contributed by atoms with van der Waals surface area (Å²) in [5, 5.41) is 13.4. The third-order valence-corrected chi connectivity index (χ3v) is 3.89. The van der Waals surface area contributed by atoms with Crippen molar-refractivity contribution < 1.29 is 23.7 Å². The van der Waals surface area contributed by atoms with Gasteiger partial charge in [-0.1, -0.05) is 18.2 Å². The lowest BCUT2D eigenvalue weighted by atomic mass is 10.2. The lowest BCUT2D eigenvalue weighted by molar-refractivity contribution is -0.402. The molecule has 1 aliphatic rings. The van der Waals surface area contributed by atoms with Gasteiger partial charge in [-0.15, -0.1) is 0 Å². The van der Waals surface area contributed by atoms with Crippen LogP contribution in [-0.4, -0.2) is 47.9 Å². The lowest BCUT2D eigenvalue weighted by Gasteiger charge is -2.27. The van der Waals surface area contributed by atoms with Crippen molar-refractivity contribution in [2.24, 2.45) is 0 Å². The number of furan rings is 1. The summed E-state index contributed by atoms with van der Waals surface area (Å²) in [7, 11) is 0. The molecule has 27 heavy (non-hydrogen) atoms. The zero-order valence-electron chi connectivity index (χ0n) is 14.3. The molecule has 0 radical (unpaired) electrons. The van der Waals surface area contributed by atoms with Crippen LogP contribution >= 0.6 is 0 Å². The average Bonchev–Trinajstić information content (AvgIpc) is 3.17. The highest BCUT2D eigenvalue weighted by Gasteiger charge is 2.23. The average molecular weight is 371 g/mol. The van der Waals surface area contributed by atoms with E-state index < -0.39 is 22.6 Å². The molecule has 1 saturated heterocycles. The van der Waals surface area contributed by atoms with Gasteiger partial charge in [-0.25, -0.2) is 0 Å². The van der Waals surface area contributed by atoms with Gasteiger partial charge in [0.25, 0.3) is 11.8 Å². The zero-order valence-corrected chi connectivity index (χ0v) is 14.3. The highest BCUT2D eigenvalue weighted by molar-refractivity contribution is 6.05. The molecule has 0 saturated carbocycles. The van der Waals surface area contributed by atoms with Gasteiger partial charge in [0.1, 0.15) is 16.4 Å². The van der Waals surface area contributed by atoms with E-state index in [1.807, 2.05) is 0 Å². The molecular formula is C18H17N3O6. The Morgan fingerprint density at radius 2 is 1.81 bits per heavy atom. The molecule has 0 aliphatic carbocycles.